The smallest absolute Gasteiger partial charge is 0.253 e. The standard InChI is InChI=1S/C14H22N2O4/c1-16(8-11(15)9-18-2)14(17)10-5-6-12(19-3)13(7-10)20-4/h5-7,11H,8-9,15H2,1-4H3. The van der Waals surface area contributed by atoms with Crippen LogP contribution in [-0.4, -0.2) is 58.4 Å². The monoisotopic (exact) mass is 282 g/mol. The highest BCUT2D eigenvalue weighted by atomic mass is 16.5. The number of amides is 1. The van der Waals surface area contributed by atoms with E-state index in [2.05, 4.69) is 0 Å². The van der Waals surface area contributed by atoms with Gasteiger partial charge < -0.3 is 24.8 Å². The fourth-order valence-electron chi connectivity index (χ4n) is 1.89. The van der Waals surface area contributed by atoms with Crippen molar-refractivity contribution in [2.45, 2.75) is 6.04 Å². The van der Waals surface area contributed by atoms with Gasteiger partial charge in [-0.15, -0.1) is 0 Å². The summed E-state index contributed by atoms with van der Waals surface area (Å²) < 4.78 is 15.3. The zero-order valence-electron chi connectivity index (χ0n) is 12.4. The molecule has 1 aromatic rings. The van der Waals surface area contributed by atoms with Gasteiger partial charge in [0.1, 0.15) is 0 Å². The average molecular weight is 282 g/mol. The third kappa shape index (κ3) is 4.11. The summed E-state index contributed by atoms with van der Waals surface area (Å²) >= 11 is 0. The molecule has 112 valence electrons. The van der Waals surface area contributed by atoms with Gasteiger partial charge in [0.05, 0.1) is 20.8 Å². The van der Waals surface area contributed by atoms with Crippen molar-refractivity contribution in [3.05, 3.63) is 23.8 Å². The van der Waals surface area contributed by atoms with Crippen molar-refractivity contribution in [1.82, 2.24) is 4.90 Å². The van der Waals surface area contributed by atoms with Crippen molar-refractivity contribution >= 4 is 5.91 Å². The molecule has 6 nitrogen and oxygen atoms in total. The Hall–Kier alpha value is -1.79. The summed E-state index contributed by atoms with van der Waals surface area (Å²) in [5.74, 6) is 0.980. The van der Waals surface area contributed by atoms with Crippen molar-refractivity contribution in [3.63, 3.8) is 0 Å². The van der Waals surface area contributed by atoms with Crippen LogP contribution in [0.5, 0.6) is 11.5 Å². The quantitative estimate of drug-likeness (QED) is 0.799. The minimum atomic E-state index is -0.214. The highest BCUT2D eigenvalue weighted by molar-refractivity contribution is 5.94. The lowest BCUT2D eigenvalue weighted by atomic mass is 10.1. The average Bonchev–Trinajstić information content (AvgIpc) is 2.45. The summed E-state index contributed by atoms with van der Waals surface area (Å²) in [6.45, 7) is 0.824. The molecule has 0 fully saturated rings. The van der Waals surface area contributed by atoms with Crippen molar-refractivity contribution in [1.29, 1.82) is 0 Å². The minimum absolute atomic E-state index is 0.127. The molecule has 20 heavy (non-hydrogen) atoms. The lowest BCUT2D eigenvalue weighted by Gasteiger charge is -2.21. The molecular formula is C14H22N2O4. The highest BCUT2D eigenvalue weighted by Crippen LogP contribution is 2.27. The summed E-state index contributed by atoms with van der Waals surface area (Å²) in [5, 5.41) is 0. The fourth-order valence-corrected chi connectivity index (χ4v) is 1.89. The molecule has 0 aliphatic heterocycles. The van der Waals surface area contributed by atoms with Crippen LogP contribution in [0.2, 0.25) is 0 Å². The highest BCUT2D eigenvalue weighted by Gasteiger charge is 2.16. The molecule has 0 radical (unpaired) electrons. The van der Waals surface area contributed by atoms with Crippen LogP contribution in [0.4, 0.5) is 0 Å². The molecule has 6 heteroatoms. The molecule has 0 saturated heterocycles. The molecule has 1 atom stereocenters. The fraction of sp³-hybridized carbons (Fsp3) is 0.500. The topological polar surface area (TPSA) is 74.0 Å². The van der Waals surface area contributed by atoms with Crippen LogP contribution in [0.1, 0.15) is 10.4 Å². The molecule has 2 N–H and O–H groups in total. The molecule has 0 saturated carbocycles. The summed E-state index contributed by atoms with van der Waals surface area (Å²) in [4.78, 5) is 13.8. The van der Waals surface area contributed by atoms with Crippen LogP contribution in [0, 0.1) is 0 Å². The normalized spacial score (nSPS) is 11.8. The van der Waals surface area contributed by atoms with Gasteiger partial charge >= 0.3 is 0 Å². The second kappa shape index (κ2) is 7.72. The van der Waals surface area contributed by atoms with Crippen LogP contribution in [0.15, 0.2) is 18.2 Å². The Labute approximate surface area is 119 Å². The Morgan fingerprint density at radius 1 is 1.25 bits per heavy atom. The number of carbonyl (C=O) groups is 1. The van der Waals surface area contributed by atoms with Gasteiger partial charge in [-0.1, -0.05) is 0 Å². The van der Waals surface area contributed by atoms with Crippen LogP contribution in [-0.2, 0) is 4.74 Å². The Kier molecular flexibility index (Phi) is 6.27. The third-order valence-electron chi connectivity index (χ3n) is 2.87. The predicted molar refractivity (Wildman–Crippen MR) is 76.4 cm³/mol. The second-order valence-corrected chi connectivity index (χ2v) is 4.47. The van der Waals surface area contributed by atoms with Crippen molar-refractivity contribution < 1.29 is 19.0 Å². The SMILES string of the molecule is COCC(N)CN(C)C(=O)c1ccc(OC)c(OC)c1. The van der Waals surface area contributed by atoms with E-state index < -0.39 is 0 Å². The van der Waals surface area contributed by atoms with Gasteiger partial charge in [0.25, 0.3) is 5.91 Å². The maximum absolute atomic E-state index is 12.3. The van der Waals surface area contributed by atoms with Gasteiger partial charge in [-0.3, -0.25) is 4.79 Å². The Bertz CT molecular complexity index is 451. The molecule has 1 amide bonds. The van der Waals surface area contributed by atoms with Gasteiger partial charge in [-0.2, -0.15) is 0 Å². The van der Waals surface area contributed by atoms with Crippen molar-refractivity contribution in [2.24, 2.45) is 5.73 Å². The molecule has 0 heterocycles. The first kappa shape index (κ1) is 16.3. The van der Waals surface area contributed by atoms with E-state index in [4.69, 9.17) is 19.9 Å². The number of carbonyl (C=O) groups excluding carboxylic acids is 1. The lowest BCUT2D eigenvalue weighted by Crippen LogP contribution is -2.41. The van der Waals surface area contributed by atoms with Crippen LogP contribution in [0.25, 0.3) is 0 Å². The molecule has 1 unspecified atom stereocenters. The molecular weight excluding hydrogens is 260 g/mol. The molecule has 0 aromatic heterocycles. The van der Waals surface area contributed by atoms with Crippen LogP contribution >= 0.6 is 0 Å². The first-order valence-corrected chi connectivity index (χ1v) is 6.25. The maximum Gasteiger partial charge on any atom is 0.253 e. The van der Waals surface area contributed by atoms with E-state index in [1.807, 2.05) is 0 Å². The minimum Gasteiger partial charge on any atom is -0.493 e. The molecule has 0 aliphatic rings. The number of nitrogens with two attached hydrogens (primary N) is 1. The molecule has 0 aliphatic carbocycles. The number of rotatable bonds is 7. The van der Waals surface area contributed by atoms with Gasteiger partial charge in [-0.25, -0.2) is 0 Å². The Balaban J connectivity index is 2.81. The number of benzene rings is 1. The first-order valence-electron chi connectivity index (χ1n) is 6.25. The van der Waals surface area contributed by atoms with E-state index in [1.54, 1.807) is 44.4 Å². The Morgan fingerprint density at radius 2 is 1.90 bits per heavy atom. The van der Waals surface area contributed by atoms with Gasteiger partial charge in [0, 0.05) is 32.3 Å². The zero-order valence-corrected chi connectivity index (χ0v) is 12.4. The maximum atomic E-state index is 12.3. The number of methoxy groups -OCH3 is 3. The number of ether oxygens (including phenoxy) is 3. The van der Waals surface area contributed by atoms with Gasteiger partial charge in [0.2, 0.25) is 0 Å². The van der Waals surface area contributed by atoms with Gasteiger partial charge in [0.15, 0.2) is 11.5 Å². The van der Waals surface area contributed by atoms with Crippen LogP contribution in [0.3, 0.4) is 0 Å². The summed E-state index contributed by atoms with van der Waals surface area (Å²) in [6.07, 6.45) is 0. The first-order chi connectivity index (χ1) is 9.53. The third-order valence-corrected chi connectivity index (χ3v) is 2.87. The second-order valence-electron chi connectivity index (χ2n) is 4.47. The summed E-state index contributed by atoms with van der Waals surface area (Å²) in [5.41, 5.74) is 6.36. The van der Waals surface area contributed by atoms with E-state index in [0.29, 0.717) is 30.2 Å². The summed E-state index contributed by atoms with van der Waals surface area (Å²) in [6, 6.07) is 4.84. The van der Waals surface area contributed by atoms with Gasteiger partial charge in [-0.05, 0) is 18.2 Å². The van der Waals surface area contributed by atoms with Crippen molar-refractivity contribution in [2.75, 3.05) is 41.5 Å². The largest absolute Gasteiger partial charge is 0.493 e. The molecule has 0 bridgehead atoms. The van der Waals surface area contributed by atoms with E-state index in [1.165, 1.54) is 7.11 Å². The van der Waals surface area contributed by atoms with E-state index in [9.17, 15) is 4.79 Å². The Morgan fingerprint density at radius 3 is 2.45 bits per heavy atom. The van der Waals surface area contributed by atoms with E-state index in [-0.39, 0.29) is 11.9 Å². The number of nitrogens with zero attached hydrogens (tertiary/aromatic N) is 1. The number of hydrogen-bond donors (Lipinski definition) is 1. The lowest BCUT2D eigenvalue weighted by molar-refractivity contribution is 0.0764. The zero-order chi connectivity index (χ0) is 15.1. The number of likely N-dealkylation sites (N-methyl/N-ethyl adjacent to an activating group) is 1. The molecule has 1 rings (SSSR count). The molecule has 1 aromatic carbocycles. The summed E-state index contributed by atoms with van der Waals surface area (Å²) in [7, 11) is 6.37. The number of hydrogen-bond acceptors (Lipinski definition) is 5. The van der Waals surface area contributed by atoms with E-state index >= 15 is 0 Å². The van der Waals surface area contributed by atoms with Crippen LogP contribution < -0.4 is 15.2 Å². The molecule has 0 spiro atoms. The predicted octanol–water partition coefficient (Wildman–Crippen LogP) is 0.750. The van der Waals surface area contributed by atoms with E-state index in [0.717, 1.165) is 0 Å². The van der Waals surface area contributed by atoms with Crippen molar-refractivity contribution in [3.8, 4) is 11.5 Å².